The average Bonchev–Trinajstić information content (AvgIpc) is 3.14. The summed E-state index contributed by atoms with van der Waals surface area (Å²) in [5.74, 6) is -0.283. The molecular weight excluding hydrogens is 288 g/mol. The molecule has 21 heavy (non-hydrogen) atoms. The first-order valence-electron chi connectivity index (χ1n) is 6.70. The molecule has 0 radical (unpaired) electrons. The van der Waals surface area contributed by atoms with Crippen molar-refractivity contribution in [3.05, 3.63) is 42.2 Å². The quantitative estimate of drug-likeness (QED) is 0.890. The van der Waals surface area contributed by atoms with Crippen LogP contribution in [0.4, 0.5) is 0 Å². The van der Waals surface area contributed by atoms with E-state index >= 15 is 0 Å². The number of carbonyl (C=O) groups is 1. The first kappa shape index (κ1) is 13.9. The highest BCUT2D eigenvalue weighted by atomic mass is 32.2. The molecule has 0 spiro atoms. The molecule has 7 heteroatoms. The molecule has 3 rings (SSSR count). The zero-order valence-corrected chi connectivity index (χ0v) is 12.5. The molecule has 0 bridgehead atoms. The van der Waals surface area contributed by atoms with Crippen molar-refractivity contribution in [3.8, 4) is 5.69 Å². The van der Waals surface area contributed by atoms with Gasteiger partial charge in [-0.2, -0.15) is 0 Å². The van der Waals surface area contributed by atoms with Crippen LogP contribution < -0.4 is 5.32 Å². The summed E-state index contributed by atoms with van der Waals surface area (Å²) < 4.78 is 12.9. The Bertz CT molecular complexity index is 679. The van der Waals surface area contributed by atoms with E-state index in [2.05, 4.69) is 15.6 Å². The van der Waals surface area contributed by atoms with Crippen LogP contribution in [-0.2, 0) is 10.8 Å². The van der Waals surface area contributed by atoms with Crippen LogP contribution in [-0.4, -0.2) is 42.7 Å². The van der Waals surface area contributed by atoms with E-state index < -0.39 is 10.8 Å². The number of benzene rings is 1. The minimum Gasteiger partial charge on any atom is -0.349 e. The predicted molar refractivity (Wildman–Crippen MR) is 79.7 cm³/mol. The molecule has 1 aliphatic rings. The summed E-state index contributed by atoms with van der Waals surface area (Å²) in [7, 11) is -0.918. The first-order valence-corrected chi connectivity index (χ1v) is 8.26. The van der Waals surface area contributed by atoms with Gasteiger partial charge in [-0.1, -0.05) is 23.4 Å². The normalized spacial score (nSPS) is 17.2. The van der Waals surface area contributed by atoms with Crippen LogP contribution in [0.1, 0.15) is 23.3 Å². The highest BCUT2D eigenvalue weighted by Crippen LogP contribution is 2.40. The van der Waals surface area contributed by atoms with Crippen LogP contribution >= 0.6 is 0 Å². The number of amides is 1. The van der Waals surface area contributed by atoms with Crippen molar-refractivity contribution in [1.82, 2.24) is 20.3 Å². The van der Waals surface area contributed by atoms with Crippen molar-refractivity contribution >= 4 is 16.7 Å². The molecular formula is C14H16N4O2S. The van der Waals surface area contributed by atoms with E-state index in [1.807, 2.05) is 30.3 Å². The topological polar surface area (TPSA) is 76.9 Å². The van der Waals surface area contributed by atoms with Crippen LogP contribution in [0.3, 0.4) is 0 Å². The van der Waals surface area contributed by atoms with Gasteiger partial charge < -0.3 is 5.32 Å². The SMILES string of the molecule is C[S@@](=O)C1(CNC(=O)c2cn(-c3ccccc3)nn2)CC1. The second kappa shape index (κ2) is 5.40. The van der Waals surface area contributed by atoms with Crippen LogP contribution in [0, 0.1) is 0 Å². The molecule has 0 unspecified atom stereocenters. The Morgan fingerprint density at radius 1 is 1.38 bits per heavy atom. The van der Waals surface area contributed by atoms with Gasteiger partial charge >= 0.3 is 0 Å². The standard InChI is InChI=1S/C14H16N4O2S/c1-21(20)14(7-8-14)10-15-13(19)12-9-18(17-16-12)11-5-3-2-4-6-11/h2-6,9H,7-8,10H2,1H3,(H,15,19)/t21-/m1/s1. The third-order valence-corrected chi connectivity index (χ3v) is 5.51. The summed E-state index contributed by atoms with van der Waals surface area (Å²) in [4.78, 5) is 12.1. The van der Waals surface area contributed by atoms with Crippen molar-refractivity contribution in [2.24, 2.45) is 0 Å². The summed E-state index contributed by atoms with van der Waals surface area (Å²) in [5, 5.41) is 10.6. The van der Waals surface area contributed by atoms with Crippen LogP contribution in [0.5, 0.6) is 0 Å². The largest absolute Gasteiger partial charge is 0.349 e. The highest BCUT2D eigenvalue weighted by molar-refractivity contribution is 7.86. The minimum atomic E-state index is -0.918. The smallest absolute Gasteiger partial charge is 0.273 e. The summed E-state index contributed by atoms with van der Waals surface area (Å²) in [6, 6.07) is 9.47. The summed E-state index contributed by atoms with van der Waals surface area (Å²) in [5.41, 5.74) is 1.11. The Labute approximate surface area is 125 Å². The Morgan fingerprint density at radius 3 is 2.71 bits per heavy atom. The number of nitrogens with one attached hydrogen (secondary N) is 1. The molecule has 1 aliphatic carbocycles. The van der Waals surface area contributed by atoms with Gasteiger partial charge in [0.15, 0.2) is 5.69 Å². The molecule has 1 aromatic heterocycles. The number of hydrogen-bond donors (Lipinski definition) is 1. The van der Waals surface area contributed by atoms with Gasteiger partial charge in [-0.3, -0.25) is 9.00 Å². The number of nitrogens with zero attached hydrogens (tertiary/aromatic N) is 3. The van der Waals surface area contributed by atoms with E-state index in [1.54, 1.807) is 17.1 Å². The molecule has 1 heterocycles. The van der Waals surface area contributed by atoms with Gasteiger partial charge in [-0.25, -0.2) is 4.68 Å². The first-order chi connectivity index (χ1) is 10.1. The zero-order chi connectivity index (χ0) is 14.9. The van der Waals surface area contributed by atoms with Gasteiger partial charge in [-0.05, 0) is 25.0 Å². The van der Waals surface area contributed by atoms with E-state index in [9.17, 15) is 9.00 Å². The maximum Gasteiger partial charge on any atom is 0.273 e. The molecule has 0 saturated heterocycles. The lowest BCUT2D eigenvalue weighted by atomic mass is 10.3. The summed E-state index contributed by atoms with van der Waals surface area (Å²) in [6.45, 7) is 0.424. The van der Waals surface area contributed by atoms with E-state index in [4.69, 9.17) is 0 Å². The van der Waals surface area contributed by atoms with Gasteiger partial charge in [0.05, 0.1) is 16.6 Å². The fourth-order valence-electron chi connectivity index (χ4n) is 2.11. The molecule has 1 fully saturated rings. The molecule has 6 nitrogen and oxygen atoms in total. The third-order valence-electron chi connectivity index (χ3n) is 3.74. The van der Waals surface area contributed by atoms with Gasteiger partial charge in [0.25, 0.3) is 5.91 Å². The summed E-state index contributed by atoms with van der Waals surface area (Å²) in [6.07, 6.45) is 5.07. The minimum absolute atomic E-state index is 0.231. The van der Waals surface area contributed by atoms with E-state index in [0.717, 1.165) is 18.5 Å². The number of para-hydroxylation sites is 1. The maximum atomic E-state index is 12.1. The molecule has 110 valence electrons. The predicted octanol–water partition coefficient (Wildman–Crippen LogP) is 0.908. The molecule has 1 atom stereocenters. The van der Waals surface area contributed by atoms with E-state index in [0.29, 0.717) is 6.54 Å². The Morgan fingerprint density at radius 2 is 2.10 bits per heavy atom. The van der Waals surface area contributed by atoms with Crippen LogP contribution in [0.15, 0.2) is 36.5 Å². The van der Waals surface area contributed by atoms with Crippen molar-refractivity contribution in [3.63, 3.8) is 0 Å². The van der Waals surface area contributed by atoms with E-state index in [-0.39, 0.29) is 16.3 Å². The van der Waals surface area contributed by atoms with Gasteiger partial charge in [0.2, 0.25) is 0 Å². The number of carbonyl (C=O) groups excluding carboxylic acids is 1. The average molecular weight is 304 g/mol. The molecule has 1 amide bonds. The van der Waals surface area contributed by atoms with Crippen molar-refractivity contribution in [1.29, 1.82) is 0 Å². The number of rotatable bonds is 5. The lowest BCUT2D eigenvalue weighted by molar-refractivity contribution is 0.0948. The number of hydrogen-bond acceptors (Lipinski definition) is 4. The fraction of sp³-hybridized carbons (Fsp3) is 0.357. The molecule has 1 saturated carbocycles. The molecule has 1 N–H and O–H groups in total. The van der Waals surface area contributed by atoms with Gasteiger partial charge in [0.1, 0.15) is 0 Å². The fourth-order valence-corrected chi connectivity index (χ4v) is 3.06. The lowest BCUT2D eigenvalue weighted by Crippen LogP contribution is -2.35. The van der Waals surface area contributed by atoms with Crippen molar-refractivity contribution in [2.45, 2.75) is 17.6 Å². The Kier molecular flexibility index (Phi) is 3.59. The van der Waals surface area contributed by atoms with Crippen molar-refractivity contribution < 1.29 is 9.00 Å². The van der Waals surface area contributed by atoms with Crippen LogP contribution in [0.25, 0.3) is 5.69 Å². The highest BCUT2D eigenvalue weighted by Gasteiger charge is 2.46. The maximum absolute atomic E-state index is 12.1. The summed E-state index contributed by atoms with van der Waals surface area (Å²) >= 11 is 0. The molecule has 2 aromatic rings. The van der Waals surface area contributed by atoms with Gasteiger partial charge in [-0.15, -0.1) is 5.10 Å². The second-order valence-electron chi connectivity index (χ2n) is 5.20. The van der Waals surface area contributed by atoms with Crippen molar-refractivity contribution in [2.75, 3.05) is 12.8 Å². The zero-order valence-electron chi connectivity index (χ0n) is 11.7. The van der Waals surface area contributed by atoms with Gasteiger partial charge in [0, 0.05) is 23.6 Å². The van der Waals surface area contributed by atoms with Crippen LogP contribution in [0.2, 0.25) is 0 Å². The lowest BCUT2D eigenvalue weighted by Gasteiger charge is -2.11. The monoisotopic (exact) mass is 304 g/mol. The number of aromatic nitrogens is 3. The second-order valence-corrected chi connectivity index (χ2v) is 6.98. The molecule has 1 aromatic carbocycles. The Balaban J connectivity index is 1.66. The third kappa shape index (κ3) is 2.87. The van der Waals surface area contributed by atoms with E-state index in [1.165, 1.54) is 0 Å². The molecule has 0 aliphatic heterocycles. The Hall–Kier alpha value is -2.02.